The minimum atomic E-state index is 0.504. The fourth-order valence-electron chi connectivity index (χ4n) is 1.31. The lowest BCUT2D eigenvalue weighted by Gasteiger charge is -2.05. The third-order valence-electron chi connectivity index (χ3n) is 2.12. The van der Waals surface area contributed by atoms with E-state index in [1.165, 1.54) is 0 Å². The maximum Gasteiger partial charge on any atom is 0.131 e. The topological polar surface area (TPSA) is 61.0 Å². The molecule has 0 aliphatic rings. The Bertz CT molecular complexity index is 487. The van der Waals surface area contributed by atoms with Crippen LogP contribution in [0.2, 0.25) is 5.02 Å². The Morgan fingerprint density at radius 2 is 2.00 bits per heavy atom. The summed E-state index contributed by atoms with van der Waals surface area (Å²) in [5.74, 6) is 1.45. The van der Waals surface area contributed by atoms with Gasteiger partial charge in [-0.3, -0.25) is 0 Å². The summed E-state index contributed by atoms with van der Waals surface area (Å²) < 4.78 is 5.53. The van der Waals surface area contributed by atoms with Crippen molar-refractivity contribution in [1.82, 2.24) is 9.97 Å². The van der Waals surface area contributed by atoms with Crippen molar-refractivity contribution >= 4 is 17.3 Å². The summed E-state index contributed by atoms with van der Waals surface area (Å²) in [7, 11) is 0. The Morgan fingerprint density at radius 1 is 1.24 bits per heavy atom. The van der Waals surface area contributed by atoms with Gasteiger partial charge in [0.25, 0.3) is 0 Å². The summed E-state index contributed by atoms with van der Waals surface area (Å²) in [6.45, 7) is 0.504. The minimum Gasteiger partial charge on any atom is -0.493 e. The number of ether oxygens (including phenoxy) is 1. The molecule has 2 aromatic rings. The molecule has 4 nitrogen and oxygen atoms in total. The molecule has 5 heteroatoms. The van der Waals surface area contributed by atoms with Crippen LogP contribution >= 0.6 is 11.6 Å². The summed E-state index contributed by atoms with van der Waals surface area (Å²) in [5.41, 5.74) is 6.05. The fourth-order valence-corrected chi connectivity index (χ4v) is 1.49. The van der Waals surface area contributed by atoms with Crippen LogP contribution < -0.4 is 10.5 Å². The SMILES string of the molecule is Nc1cnc(CCOc2cccc(Cl)c2)nc1. The van der Waals surface area contributed by atoms with E-state index in [1.54, 1.807) is 24.5 Å². The first-order chi connectivity index (χ1) is 8.24. The normalized spacial score (nSPS) is 10.2. The van der Waals surface area contributed by atoms with E-state index >= 15 is 0 Å². The Labute approximate surface area is 104 Å². The zero-order valence-electron chi connectivity index (χ0n) is 9.14. The number of anilines is 1. The van der Waals surface area contributed by atoms with Gasteiger partial charge in [-0.1, -0.05) is 17.7 Å². The molecule has 0 amide bonds. The summed E-state index contributed by atoms with van der Waals surface area (Å²) in [4.78, 5) is 8.17. The highest BCUT2D eigenvalue weighted by Gasteiger charge is 1.98. The number of nitrogens with two attached hydrogens (primary N) is 1. The van der Waals surface area contributed by atoms with Crippen molar-refractivity contribution in [3.63, 3.8) is 0 Å². The monoisotopic (exact) mass is 249 g/mol. The third kappa shape index (κ3) is 3.60. The Kier molecular flexibility index (Phi) is 3.77. The van der Waals surface area contributed by atoms with Crippen LogP contribution in [0.4, 0.5) is 5.69 Å². The lowest BCUT2D eigenvalue weighted by molar-refractivity contribution is 0.319. The highest BCUT2D eigenvalue weighted by molar-refractivity contribution is 6.30. The first-order valence-corrected chi connectivity index (χ1v) is 5.56. The lowest BCUT2D eigenvalue weighted by Crippen LogP contribution is -2.05. The van der Waals surface area contributed by atoms with Gasteiger partial charge in [-0.05, 0) is 18.2 Å². The summed E-state index contributed by atoms with van der Waals surface area (Å²) in [5, 5.41) is 0.659. The molecule has 88 valence electrons. The van der Waals surface area contributed by atoms with E-state index in [9.17, 15) is 0 Å². The summed E-state index contributed by atoms with van der Waals surface area (Å²) in [6, 6.07) is 7.27. The number of hydrogen-bond donors (Lipinski definition) is 1. The maximum atomic E-state index is 5.84. The molecule has 1 aromatic heterocycles. The predicted octanol–water partition coefficient (Wildman–Crippen LogP) is 2.33. The second-order valence-corrected chi connectivity index (χ2v) is 3.92. The van der Waals surface area contributed by atoms with E-state index in [-0.39, 0.29) is 0 Å². The average molecular weight is 250 g/mol. The summed E-state index contributed by atoms with van der Waals surface area (Å²) in [6.07, 6.45) is 3.80. The zero-order chi connectivity index (χ0) is 12.1. The van der Waals surface area contributed by atoms with Crippen molar-refractivity contribution in [2.45, 2.75) is 6.42 Å². The standard InChI is InChI=1S/C12H12ClN3O/c13-9-2-1-3-11(6-9)17-5-4-12-15-7-10(14)8-16-12/h1-3,6-8H,4-5,14H2. The molecular formula is C12H12ClN3O. The second-order valence-electron chi connectivity index (χ2n) is 3.49. The van der Waals surface area contributed by atoms with Crippen molar-refractivity contribution in [2.75, 3.05) is 12.3 Å². The molecule has 0 spiro atoms. The van der Waals surface area contributed by atoms with Crippen molar-refractivity contribution in [2.24, 2.45) is 0 Å². The second kappa shape index (κ2) is 5.50. The largest absolute Gasteiger partial charge is 0.493 e. The number of aromatic nitrogens is 2. The smallest absolute Gasteiger partial charge is 0.131 e. The van der Waals surface area contributed by atoms with E-state index in [2.05, 4.69) is 9.97 Å². The molecule has 1 aromatic carbocycles. The van der Waals surface area contributed by atoms with Crippen molar-refractivity contribution < 1.29 is 4.74 Å². The Hall–Kier alpha value is -1.81. The van der Waals surface area contributed by atoms with Crippen LogP contribution in [0, 0.1) is 0 Å². The first-order valence-electron chi connectivity index (χ1n) is 5.19. The molecule has 0 saturated heterocycles. The van der Waals surface area contributed by atoms with Crippen LogP contribution in [0.15, 0.2) is 36.7 Å². The van der Waals surface area contributed by atoms with Gasteiger partial charge in [0.2, 0.25) is 0 Å². The van der Waals surface area contributed by atoms with Gasteiger partial charge in [0.05, 0.1) is 24.7 Å². The minimum absolute atomic E-state index is 0.504. The van der Waals surface area contributed by atoms with Crippen LogP contribution in [0.25, 0.3) is 0 Å². The molecule has 2 rings (SSSR count). The van der Waals surface area contributed by atoms with Gasteiger partial charge in [0.1, 0.15) is 11.6 Å². The number of benzene rings is 1. The van der Waals surface area contributed by atoms with Gasteiger partial charge in [-0.2, -0.15) is 0 Å². The van der Waals surface area contributed by atoms with E-state index < -0.39 is 0 Å². The van der Waals surface area contributed by atoms with Gasteiger partial charge in [0.15, 0.2) is 0 Å². The molecule has 0 aliphatic carbocycles. The fraction of sp³-hybridized carbons (Fsp3) is 0.167. The molecule has 0 aliphatic heterocycles. The number of rotatable bonds is 4. The van der Waals surface area contributed by atoms with E-state index in [0.717, 1.165) is 5.75 Å². The molecule has 1 heterocycles. The van der Waals surface area contributed by atoms with Crippen molar-refractivity contribution in [1.29, 1.82) is 0 Å². The lowest BCUT2D eigenvalue weighted by atomic mass is 10.3. The van der Waals surface area contributed by atoms with Crippen LogP contribution in [0.3, 0.4) is 0 Å². The van der Waals surface area contributed by atoms with Crippen molar-refractivity contribution in [3.05, 3.63) is 47.5 Å². The van der Waals surface area contributed by atoms with Crippen LogP contribution in [0.1, 0.15) is 5.82 Å². The molecule has 0 atom stereocenters. The van der Waals surface area contributed by atoms with Crippen LogP contribution in [-0.4, -0.2) is 16.6 Å². The molecule has 0 radical (unpaired) electrons. The molecule has 2 N–H and O–H groups in total. The van der Waals surface area contributed by atoms with E-state index in [1.807, 2.05) is 12.1 Å². The summed E-state index contributed by atoms with van der Waals surface area (Å²) >= 11 is 5.84. The predicted molar refractivity (Wildman–Crippen MR) is 67.1 cm³/mol. The molecule has 17 heavy (non-hydrogen) atoms. The maximum absolute atomic E-state index is 5.84. The van der Waals surface area contributed by atoms with Gasteiger partial charge >= 0.3 is 0 Å². The van der Waals surface area contributed by atoms with Crippen LogP contribution in [0.5, 0.6) is 5.75 Å². The molecule has 0 bridgehead atoms. The Balaban J connectivity index is 1.85. The number of nitrogen functional groups attached to an aromatic ring is 1. The van der Waals surface area contributed by atoms with Gasteiger partial charge in [-0.25, -0.2) is 9.97 Å². The molecular weight excluding hydrogens is 238 g/mol. The van der Waals surface area contributed by atoms with Crippen LogP contribution in [-0.2, 0) is 6.42 Å². The van der Waals surface area contributed by atoms with Gasteiger partial charge in [-0.15, -0.1) is 0 Å². The zero-order valence-corrected chi connectivity index (χ0v) is 9.89. The van der Waals surface area contributed by atoms with E-state index in [4.69, 9.17) is 22.1 Å². The van der Waals surface area contributed by atoms with Crippen molar-refractivity contribution in [3.8, 4) is 5.75 Å². The third-order valence-corrected chi connectivity index (χ3v) is 2.35. The number of halogens is 1. The molecule has 0 unspecified atom stereocenters. The number of nitrogens with zero attached hydrogens (tertiary/aromatic N) is 2. The highest BCUT2D eigenvalue weighted by Crippen LogP contribution is 2.17. The Morgan fingerprint density at radius 3 is 2.71 bits per heavy atom. The van der Waals surface area contributed by atoms with Gasteiger partial charge < -0.3 is 10.5 Å². The quantitative estimate of drug-likeness (QED) is 0.904. The first kappa shape index (κ1) is 11.7. The van der Waals surface area contributed by atoms with E-state index in [0.29, 0.717) is 29.6 Å². The van der Waals surface area contributed by atoms with Gasteiger partial charge in [0, 0.05) is 11.4 Å². The number of hydrogen-bond acceptors (Lipinski definition) is 4. The highest BCUT2D eigenvalue weighted by atomic mass is 35.5. The molecule has 0 fully saturated rings. The average Bonchev–Trinajstić information content (AvgIpc) is 2.32. The molecule has 0 saturated carbocycles.